The fraction of sp³-hybridized carbons (Fsp3) is 0.316. The summed E-state index contributed by atoms with van der Waals surface area (Å²) in [7, 11) is -0.552. The topological polar surface area (TPSA) is 75.7 Å². The van der Waals surface area contributed by atoms with Gasteiger partial charge in [0.2, 0.25) is 15.9 Å². The molecule has 0 radical (unpaired) electrons. The Morgan fingerprint density at radius 2 is 1.62 bits per heavy atom. The SMILES string of the molecule is COc1ccc([C@H](C)NC(=O)[C@@H](c2ccccc2)N(C)S(C)(=O)=O)cc1. The van der Waals surface area contributed by atoms with Crippen LogP contribution in [0.15, 0.2) is 54.6 Å². The van der Waals surface area contributed by atoms with Gasteiger partial charge in [-0.1, -0.05) is 42.5 Å². The van der Waals surface area contributed by atoms with Crippen LogP contribution >= 0.6 is 0 Å². The van der Waals surface area contributed by atoms with E-state index in [9.17, 15) is 13.2 Å². The third-order valence-corrected chi connectivity index (χ3v) is 5.48. The number of carbonyl (C=O) groups is 1. The van der Waals surface area contributed by atoms with Gasteiger partial charge in [0.05, 0.1) is 19.4 Å². The van der Waals surface area contributed by atoms with Gasteiger partial charge < -0.3 is 10.1 Å². The molecule has 2 rings (SSSR count). The Morgan fingerprint density at radius 1 is 1.04 bits per heavy atom. The van der Waals surface area contributed by atoms with Crippen molar-refractivity contribution in [2.24, 2.45) is 0 Å². The van der Waals surface area contributed by atoms with Gasteiger partial charge in [-0.3, -0.25) is 4.79 Å². The number of hydrogen-bond acceptors (Lipinski definition) is 4. The summed E-state index contributed by atoms with van der Waals surface area (Å²) in [5.74, 6) is 0.346. The number of rotatable bonds is 7. The molecular weight excluding hydrogens is 352 g/mol. The van der Waals surface area contributed by atoms with Crippen LogP contribution < -0.4 is 10.1 Å². The Kier molecular flexibility index (Phi) is 6.39. The van der Waals surface area contributed by atoms with E-state index in [-0.39, 0.29) is 11.9 Å². The Morgan fingerprint density at radius 3 is 2.12 bits per heavy atom. The van der Waals surface area contributed by atoms with Gasteiger partial charge >= 0.3 is 0 Å². The monoisotopic (exact) mass is 376 g/mol. The molecule has 6 nitrogen and oxygen atoms in total. The van der Waals surface area contributed by atoms with Crippen molar-refractivity contribution in [1.29, 1.82) is 0 Å². The number of carbonyl (C=O) groups excluding carboxylic acids is 1. The first-order valence-electron chi connectivity index (χ1n) is 8.16. The standard InChI is InChI=1S/C19H24N2O4S/c1-14(15-10-12-17(25-3)13-11-15)20-19(22)18(21(2)26(4,23)24)16-8-6-5-7-9-16/h5-14,18H,1-4H3,(H,20,22)/t14-,18+/m0/s1. The van der Waals surface area contributed by atoms with Crippen molar-refractivity contribution >= 4 is 15.9 Å². The zero-order chi connectivity index (χ0) is 19.3. The molecule has 1 amide bonds. The summed E-state index contributed by atoms with van der Waals surface area (Å²) < 4.78 is 30.2. The van der Waals surface area contributed by atoms with Gasteiger partial charge in [-0.05, 0) is 30.2 Å². The number of methoxy groups -OCH3 is 1. The second-order valence-corrected chi connectivity index (χ2v) is 8.14. The highest BCUT2D eigenvalue weighted by Crippen LogP contribution is 2.24. The molecule has 7 heteroatoms. The summed E-state index contributed by atoms with van der Waals surface area (Å²) in [6.45, 7) is 1.85. The third kappa shape index (κ3) is 4.83. The summed E-state index contributed by atoms with van der Waals surface area (Å²) in [5.41, 5.74) is 1.51. The van der Waals surface area contributed by atoms with Crippen molar-refractivity contribution < 1.29 is 17.9 Å². The number of amides is 1. The minimum atomic E-state index is -3.55. The van der Waals surface area contributed by atoms with E-state index in [1.807, 2.05) is 37.3 Å². The van der Waals surface area contributed by atoms with E-state index in [0.29, 0.717) is 5.56 Å². The summed E-state index contributed by atoms with van der Waals surface area (Å²) in [4.78, 5) is 12.9. The largest absolute Gasteiger partial charge is 0.497 e. The molecule has 0 fully saturated rings. The Labute approximate surface area is 154 Å². The van der Waals surface area contributed by atoms with E-state index in [2.05, 4.69) is 5.32 Å². The molecule has 0 heterocycles. The van der Waals surface area contributed by atoms with Crippen molar-refractivity contribution in [1.82, 2.24) is 9.62 Å². The molecule has 2 aromatic rings. The van der Waals surface area contributed by atoms with Gasteiger partial charge in [0, 0.05) is 7.05 Å². The predicted molar refractivity (Wildman–Crippen MR) is 101 cm³/mol. The number of sulfonamides is 1. The van der Waals surface area contributed by atoms with Crippen molar-refractivity contribution in [3.8, 4) is 5.75 Å². The first kappa shape index (κ1) is 19.9. The zero-order valence-electron chi connectivity index (χ0n) is 15.3. The molecular formula is C19H24N2O4S. The van der Waals surface area contributed by atoms with Gasteiger partial charge in [0.1, 0.15) is 11.8 Å². The number of nitrogens with one attached hydrogen (secondary N) is 1. The molecule has 0 aliphatic rings. The van der Waals surface area contributed by atoms with E-state index in [1.54, 1.807) is 31.4 Å². The smallest absolute Gasteiger partial charge is 0.243 e. The lowest BCUT2D eigenvalue weighted by Crippen LogP contribution is -2.42. The lowest BCUT2D eigenvalue weighted by Gasteiger charge is -2.27. The Bertz CT molecular complexity index is 836. The molecule has 0 aromatic heterocycles. The van der Waals surface area contributed by atoms with E-state index in [4.69, 9.17) is 4.74 Å². The molecule has 0 aliphatic heterocycles. The molecule has 0 aliphatic carbocycles. The fourth-order valence-corrected chi connectivity index (χ4v) is 3.22. The minimum absolute atomic E-state index is 0.285. The molecule has 1 N–H and O–H groups in total. The summed E-state index contributed by atoms with van der Waals surface area (Å²) in [5, 5.41) is 2.90. The maximum Gasteiger partial charge on any atom is 0.243 e. The van der Waals surface area contributed by atoms with Crippen LogP contribution in [0.1, 0.15) is 30.1 Å². The van der Waals surface area contributed by atoms with Crippen molar-refractivity contribution in [3.63, 3.8) is 0 Å². The fourth-order valence-electron chi connectivity index (χ4n) is 2.62. The summed E-state index contributed by atoms with van der Waals surface area (Å²) >= 11 is 0. The molecule has 0 saturated carbocycles. The maximum absolute atomic E-state index is 12.9. The van der Waals surface area contributed by atoms with Gasteiger partial charge in [-0.2, -0.15) is 4.31 Å². The highest BCUT2D eigenvalue weighted by Gasteiger charge is 2.31. The third-order valence-electron chi connectivity index (χ3n) is 4.22. The van der Waals surface area contributed by atoms with E-state index in [0.717, 1.165) is 21.9 Å². The highest BCUT2D eigenvalue weighted by atomic mass is 32.2. The van der Waals surface area contributed by atoms with E-state index >= 15 is 0 Å². The number of benzene rings is 2. The molecule has 140 valence electrons. The van der Waals surface area contributed by atoms with Gasteiger partial charge in [0.25, 0.3) is 0 Å². The normalized spacial score (nSPS) is 13.9. The van der Waals surface area contributed by atoms with E-state index in [1.165, 1.54) is 7.05 Å². The van der Waals surface area contributed by atoms with Crippen LogP contribution in [0.25, 0.3) is 0 Å². The molecule has 0 unspecified atom stereocenters. The van der Waals surface area contributed by atoms with E-state index < -0.39 is 16.1 Å². The van der Waals surface area contributed by atoms with Crippen LogP contribution in [0.5, 0.6) is 5.75 Å². The van der Waals surface area contributed by atoms with Gasteiger partial charge in [-0.25, -0.2) is 8.42 Å². The molecule has 2 aromatic carbocycles. The number of hydrogen-bond donors (Lipinski definition) is 1. The second-order valence-electron chi connectivity index (χ2n) is 6.10. The van der Waals surface area contributed by atoms with Gasteiger partial charge in [-0.15, -0.1) is 0 Å². The van der Waals surface area contributed by atoms with Crippen molar-refractivity contribution in [3.05, 3.63) is 65.7 Å². The Balaban J connectivity index is 2.25. The first-order valence-corrected chi connectivity index (χ1v) is 10.0. The maximum atomic E-state index is 12.9. The second kappa shape index (κ2) is 8.33. The van der Waals surface area contributed by atoms with Crippen molar-refractivity contribution in [2.75, 3.05) is 20.4 Å². The average Bonchev–Trinajstić information content (AvgIpc) is 2.62. The number of likely N-dealkylation sites (N-methyl/N-ethyl adjacent to an activating group) is 1. The van der Waals surface area contributed by atoms with Crippen LogP contribution in [0, 0.1) is 0 Å². The Hall–Kier alpha value is -2.38. The summed E-state index contributed by atoms with van der Waals surface area (Å²) in [6.07, 6.45) is 1.09. The quantitative estimate of drug-likeness (QED) is 0.806. The van der Waals surface area contributed by atoms with Crippen LogP contribution in [0.2, 0.25) is 0 Å². The molecule has 0 bridgehead atoms. The van der Waals surface area contributed by atoms with Crippen LogP contribution in [-0.2, 0) is 14.8 Å². The lowest BCUT2D eigenvalue weighted by molar-refractivity contribution is -0.125. The van der Waals surface area contributed by atoms with Crippen LogP contribution in [0.3, 0.4) is 0 Å². The van der Waals surface area contributed by atoms with Gasteiger partial charge in [0.15, 0.2) is 0 Å². The summed E-state index contributed by atoms with van der Waals surface area (Å²) in [6, 6.07) is 15.0. The predicted octanol–water partition coefficient (Wildman–Crippen LogP) is 2.51. The minimum Gasteiger partial charge on any atom is -0.497 e. The highest BCUT2D eigenvalue weighted by molar-refractivity contribution is 7.88. The number of nitrogens with zero attached hydrogens (tertiary/aromatic N) is 1. The number of ether oxygens (including phenoxy) is 1. The van der Waals surface area contributed by atoms with Crippen molar-refractivity contribution in [2.45, 2.75) is 19.0 Å². The lowest BCUT2D eigenvalue weighted by atomic mass is 10.0. The molecule has 0 saturated heterocycles. The first-order chi connectivity index (χ1) is 12.2. The zero-order valence-corrected chi connectivity index (χ0v) is 16.2. The van der Waals surface area contributed by atoms with Crippen LogP contribution in [0.4, 0.5) is 0 Å². The molecule has 0 spiro atoms. The molecule has 26 heavy (non-hydrogen) atoms. The van der Waals surface area contributed by atoms with Crippen LogP contribution in [-0.4, -0.2) is 39.0 Å². The average molecular weight is 376 g/mol. The molecule has 2 atom stereocenters.